The Hall–Kier alpha value is -2.10. The minimum absolute atomic E-state index is 0.0320. The van der Waals surface area contributed by atoms with E-state index >= 15 is 0 Å². The number of rotatable bonds is 8. The Bertz CT molecular complexity index is 1130. The summed E-state index contributed by atoms with van der Waals surface area (Å²) < 4.78 is 36.0. The van der Waals surface area contributed by atoms with Crippen molar-refractivity contribution in [3.8, 4) is 34.5 Å². The number of halogens is 1. The fourth-order valence-corrected chi connectivity index (χ4v) is 6.38. The monoisotopic (exact) mass is 580 g/mol. The van der Waals surface area contributed by atoms with Crippen molar-refractivity contribution in [2.24, 2.45) is 11.8 Å². The number of fused-ring (bicyclic) bond motifs is 2. The first-order valence-electron chi connectivity index (χ1n) is 12.3. The summed E-state index contributed by atoms with van der Waals surface area (Å²) in [4.78, 5) is 0. The molecule has 2 aliphatic heterocycles. The quantitative estimate of drug-likeness (QED) is 0.331. The highest BCUT2D eigenvalue weighted by molar-refractivity contribution is 9.10. The molecule has 0 unspecified atom stereocenters. The van der Waals surface area contributed by atoms with Crippen molar-refractivity contribution in [3.63, 3.8) is 0 Å². The zero-order valence-electron chi connectivity index (χ0n) is 22.4. The van der Waals surface area contributed by atoms with Gasteiger partial charge in [0.05, 0.1) is 17.7 Å². The van der Waals surface area contributed by atoms with E-state index in [1.54, 1.807) is 13.2 Å². The van der Waals surface area contributed by atoms with Crippen LogP contribution in [0.5, 0.6) is 34.5 Å². The van der Waals surface area contributed by atoms with Crippen molar-refractivity contribution in [1.29, 1.82) is 0 Å². The second kappa shape index (κ2) is 9.98. The minimum atomic E-state index is -2.16. The van der Waals surface area contributed by atoms with Crippen LogP contribution in [-0.2, 0) is 10.8 Å². The largest absolute Gasteiger partial charge is 0.504 e. The molecule has 7 nitrogen and oxygen atoms in total. The zero-order valence-corrected chi connectivity index (χ0v) is 24.9. The Kier molecular flexibility index (Phi) is 7.47. The number of benzene rings is 2. The lowest BCUT2D eigenvalue weighted by molar-refractivity contribution is 0.0950. The number of ether oxygens (including phenoxy) is 5. The molecule has 3 atom stereocenters. The van der Waals surface area contributed by atoms with Crippen LogP contribution < -0.4 is 23.7 Å². The Balaban J connectivity index is 1.71. The topological polar surface area (TPSA) is 75.6 Å². The van der Waals surface area contributed by atoms with E-state index in [9.17, 15) is 5.11 Å². The van der Waals surface area contributed by atoms with Crippen molar-refractivity contribution in [1.82, 2.24) is 0 Å². The molecule has 0 amide bonds. The fourth-order valence-electron chi connectivity index (χ4n) is 4.37. The number of hydrogen-bond donors (Lipinski definition) is 1. The highest BCUT2D eigenvalue weighted by atomic mass is 79.9. The van der Waals surface area contributed by atoms with Gasteiger partial charge in [-0.25, -0.2) is 0 Å². The molecule has 2 aromatic rings. The maximum atomic E-state index is 10.4. The summed E-state index contributed by atoms with van der Waals surface area (Å²) in [6.07, 6.45) is 0.517. The van der Waals surface area contributed by atoms with Crippen LogP contribution in [0.1, 0.15) is 51.8 Å². The summed E-state index contributed by atoms with van der Waals surface area (Å²) in [7, 11) is -0.528. The van der Waals surface area contributed by atoms with Gasteiger partial charge >= 0.3 is 0 Å². The first kappa shape index (κ1) is 26.9. The Labute approximate surface area is 223 Å². The molecular weight excluding hydrogens is 544 g/mol. The van der Waals surface area contributed by atoms with E-state index in [0.29, 0.717) is 28.7 Å². The van der Waals surface area contributed by atoms with E-state index in [2.05, 4.69) is 63.6 Å². The molecule has 36 heavy (non-hydrogen) atoms. The zero-order chi connectivity index (χ0) is 26.4. The van der Waals surface area contributed by atoms with Crippen LogP contribution in [0.25, 0.3) is 0 Å². The van der Waals surface area contributed by atoms with Gasteiger partial charge < -0.3 is 33.2 Å². The predicted octanol–water partition coefficient (Wildman–Crippen LogP) is 7.20. The molecule has 0 fully saturated rings. The highest BCUT2D eigenvalue weighted by Gasteiger charge is 2.42. The maximum absolute atomic E-state index is 10.4. The Morgan fingerprint density at radius 1 is 1.00 bits per heavy atom. The average molecular weight is 582 g/mol. The van der Waals surface area contributed by atoms with Crippen LogP contribution in [0, 0.1) is 11.8 Å². The molecule has 2 aromatic carbocycles. The van der Waals surface area contributed by atoms with E-state index in [1.165, 1.54) is 0 Å². The highest BCUT2D eigenvalue weighted by Crippen LogP contribution is 2.52. The van der Waals surface area contributed by atoms with Gasteiger partial charge in [-0.15, -0.1) is 0 Å². The van der Waals surface area contributed by atoms with Gasteiger partial charge in [0.25, 0.3) is 0 Å². The molecule has 0 saturated heterocycles. The van der Waals surface area contributed by atoms with Crippen LogP contribution >= 0.6 is 15.9 Å². The maximum Gasteiger partial charge on any atom is 0.231 e. The van der Waals surface area contributed by atoms with E-state index in [-0.39, 0.29) is 42.3 Å². The van der Waals surface area contributed by atoms with Gasteiger partial charge in [-0.05, 0) is 76.1 Å². The summed E-state index contributed by atoms with van der Waals surface area (Å²) in [5.74, 6) is 3.32. The standard InChI is InChI=1S/C27H37BrO7Si/c1-15(9-17-10-19(29)24-20(11-17)31-13-33-24)16(2)23(35-36(7,8)27(3,4)5)18-12-21-25(34-14-32-21)26(30-6)22(18)28/h10-12,15-16,23,29H,9,13-14H2,1-8H3/t15-,16-,23-/m0/s1. The number of phenols is 1. The lowest BCUT2D eigenvalue weighted by atomic mass is 9.83. The molecule has 198 valence electrons. The van der Waals surface area contributed by atoms with Crippen LogP contribution in [-0.4, -0.2) is 34.1 Å². The molecule has 0 aliphatic carbocycles. The van der Waals surface area contributed by atoms with E-state index < -0.39 is 8.32 Å². The van der Waals surface area contributed by atoms with Crippen molar-refractivity contribution < 1.29 is 33.2 Å². The number of hydrogen-bond acceptors (Lipinski definition) is 7. The Morgan fingerprint density at radius 3 is 2.22 bits per heavy atom. The molecule has 0 radical (unpaired) electrons. The van der Waals surface area contributed by atoms with Crippen molar-refractivity contribution in [2.45, 2.75) is 65.3 Å². The smallest absolute Gasteiger partial charge is 0.231 e. The molecule has 0 bridgehead atoms. The number of methoxy groups -OCH3 is 1. The van der Waals surface area contributed by atoms with Crippen LogP contribution in [0.4, 0.5) is 0 Å². The first-order valence-corrected chi connectivity index (χ1v) is 16.0. The fraction of sp³-hybridized carbons (Fsp3) is 0.556. The third-order valence-electron chi connectivity index (χ3n) is 7.77. The molecule has 2 heterocycles. The van der Waals surface area contributed by atoms with Gasteiger partial charge in [-0.2, -0.15) is 0 Å². The third-order valence-corrected chi connectivity index (χ3v) is 13.0. The molecule has 0 spiro atoms. The Morgan fingerprint density at radius 2 is 1.61 bits per heavy atom. The van der Waals surface area contributed by atoms with Gasteiger partial charge in [0.1, 0.15) is 0 Å². The molecule has 0 aromatic heterocycles. The normalized spacial score (nSPS) is 17.1. The second-order valence-electron chi connectivity index (χ2n) is 11.2. The first-order chi connectivity index (χ1) is 16.8. The molecule has 2 aliphatic rings. The molecule has 0 saturated carbocycles. The molecule has 4 rings (SSSR count). The molecule has 1 N–H and O–H groups in total. The third kappa shape index (κ3) is 5.02. The second-order valence-corrected chi connectivity index (χ2v) is 16.8. The van der Waals surface area contributed by atoms with Gasteiger partial charge in [-0.3, -0.25) is 0 Å². The van der Waals surface area contributed by atoms with E-state index in [0.717, 1.165) is 22.0 Å². The van der Waals surface area contributed by atoms with Gasteiger partial charge in [0.15, 0.2) is 31.3 Å². The lowest BCUT2D eigenvalue weighted by Gasteiger charge is -2.42. The van der Waals surface area contributed by atoms with Crippen molar-refractivity contribution in [3.05, 3.63) is 33.8 Å². The molecule has 9 heteroatoms. The van der Waals surface area contributed by atoms with E-state index in [1.807, 2.05) is 12.1 Å². The SMILES string of the molecule is COc1c(Br)c([C@@H](O[Si](C)(C)C(C)(C)C)[C@@H](C)[C@@H](C)Cc2cc(O)c3c(c2)OCO3)cc2c1OCO2. The summed E-state index contributed by atoms with van der Waals surface area (Å²) in [6, 6.07) is 5.73. The predicted molar refractivity (Wildman–Crippen MR) is 144 cm³/mol. The summed E-state index contributed by atoms with van der Waals surface area (Å²) >= 11 is 3.79. The van der Waals surface area contributed by atoms with E-state index in [4.69, 9.17) is 28.1 Å². The summed E-state index contributed by atoms with van der Waals surface area (Å²) in [5, 5.41) is 10.4. The summed E-state index contributed by atoms with van der Waals surface area (Å²) in [6.45, 7) is 16.0. The van der Waals surface area contributed by atoms with Crippen LogP contribution in [0.3, 0.4) is 0 Å². The van der Waals surface area contributed by atoms with Crippen molar-refractivity contribution >= 4 is 24.2 Å². The number of phenolic OH excluding ortho intramolecular Hbond substituents is 1. The van der Waals surface area contributed by atoms with Gasteiger partial charge in [-0.1, -0.05) is 34.6 Å². The number of aromatic hydroxyl groups is 1. The van der Waals surface area contributed by atoms with Crippen LogP contribution in [0.15, 0.2) is 22.7 Å². The lowest BCUT2D eigenvalue weighted by Crippen LogP contribution is -2.43. The van der Waals surface area contributed by atoms with Gasteiger partial charge in [0.2, 0.25) is 25.1 Å². The van der Waals surface area contributed by atoms with Gasteiger partial charge in [0, 0.05) is 5.56 Å². The van der Waals surface area contributed by atoms with Crippen molar-refractivity contribution in [2.75, 3.05) is 20.7 Å². The molecular formula is C27H37BrO7Si. The summed E-state index contributed by atoms with van der Waals surface area (Å²) in [5.41, 5.74) is 1.97. The average Bonchev–Trinajstić information content (AvgIpc) is 3.45. The van der Waals surface area contributed by atoms with Crippen LogP contribution in [0.2, 0.25) is 18.1 Å². The minimum Gasteiger partial charge on any atom is -0.504 e.